The topological polar surface area (TPSA) is 69.0 Å². The molecule has 1 aliphatic heterocycles. The third kappa shape index (κ3) is 3.34. The Labute approximate surface area is 147 Å². The van der Waals surface area contributed by atoms with Gasteiger partial charge in [0.25, 0.3) is 0 Å². The van der Waals surface area contributed by atoms with Crippen molar-refractivity contribution in [2.75, 3.05) is 18.4 Å². The highest BCUT2D eigenvalue weighted by Gasteiger charge is 2.39. The number of fused-ring (bicyclic) bond motifs is 1. The number of rotatable bonds is 5. The van der Waals surface area contributed by atoms with Gasteiger partial charge in [-0.15, -0.1) is 0 Å². The first-order valence-electron chi connectivity index (χ1n) is 8.71. The van der Waals surface area contributed by atoms with E-state index in [1.165, 1.54) is 6.08 Å². The first-order valence-corrected chi connectivity index (χ1v) is 8.71. The Balaban J connectivity index is 1.51. The number of nitriles is 1. The molecule has 5 nitrogen and oxygen atoms in total. The van der Waals surface area contributed by atoms with Crippen LogP contribution >= 0.6 is 0 Å². The first kappa shape index (κ1) is 15.6. The maximum Gasteiger partial charge on any atom is 0.225 e. The van der Waals surface area contributed by atoms with Crippen molar-refractivity contribution in [1.82, 2.24) is 9.88 Å². The summed E-state index contributed by atoms with van der Waals surface area (Å²) in [6.07, 6.45) is 9.88. The fourth-order valence-corrected chi connectivity index (χ4v) is 3.30. The molecule has 25 heavy (non-hydrogen) atoms. The van der Waals surface area contributed by atoms with Gasteiger partial charge in [0.05, 0.1) is 12.1 Å². The van der Waals surface area contributed by atoms with Crippen molar-refractivity contribution in [2.24, 2.45) is 5.92 Å². The average Bonchev–Trinajstić information content (AvgIpc) is 3.42. The molecule has 1 N–H and O–H groups in total. The SMILES string of the molecule is N#C/C=C/Cc1cc(NC2CN(C(=O)C3CC3)C2)c2cnccc2c1. The van der Waals surface area contributed by atoms with Gasteiger partial charge in [-0.1, -0.05) is 12.1 Å². The van der Waals surface area contributed by atoms with Crippen molar-refractivity contribution in [1.29, 1.82) is 5.26 Å². The number of hydrogen-bond donors (Lipinski definition) is 1. The zero-order valence-electron chi connectivity index (χ0n) is 14.0. The number of nitrogens with one attached hydrogen (secondary N) is 1. The Hall–Kier alpha value is -2.87. The minimum atomic E-state index is 0.288. The van der Waals surface area contributed by atoms with E-state index in [1.54, 1.807) is 6.20 Å². The lowest BCUT2D eigenvalue weighted by Gasteiger charge is -2.40. The molecule has 0 atom stereocenters. The van der Waals surface area contributed by atoms with E-state index in [0.717, 1.165) is 54.4 Å². The van der Waals surface area contributed by atoms with Gasteiger partial charge in [-0.05, 0) is 42.3 Å². The molecule has 0 bridgehead atoms. The average molecular weight is 332 g/mol. The number of carbonyl (C=O) groups excluding carboxylic acids is 1. The van der Waals surface area contributed by atoms with Crippen LogP contribution < -0.4 is 5.32 Å². The van der Waals surface area contributed by atoms with Crippen molar-refractivity contribution in [2.45, 2.75) is 25.3 Å². The summed E-state index contributed by atoms with van der Waals surface area (Å²) in [5.41, 5.74) is 2.20. The van der Waals surface area contributed by atoms with Gasteiger partial charge in [0, 0.05) is 48.6 Å². The van der Waals surface area contributed by atoms with Crippen LogP contribution in [0.3, 0.4) is 0 Å². The number of pyridine rings is 1. The smallest absolute Gasteiger partial charge is 0.225 e. The third-order valence-electron chi connectivity index (χ3n) is 4.84. The standard InChI is InChI=1S/C20H20N4O/c21-7-2-1-3-14-9-16-6-8-22-11-18(16)19(10-14)23-17-12-24(13-17)20(25)15-4-5-15/h1-2,6,8-11,15,17,23H,3-5,12-13H2/b2-1+. The first-order chi connectivity index (χ1) is 12.2. The molecule has 2 aliphatic rings. The fourth-order valence-electron chi connectivity index (χ4n) is 3.30. The van der Waals surface area contributed by atoms with Crippen LogP contribution in [-0.4, -0.2) is 34.9 Å². The normalized spacial score (nSPS) is 17.5. The molecule has 5 heteroatoms. The summed E-state index contributed by atoms with van der Waals surface area (Å²) >= 11 is 0. The fraction of sp³-hybridized carbons (Fsp3) is 0.350. The summed E-state index contributed by atoms with van der Waals surface area (Å²) in [5.74, 6) is 0.612. The highest BCUT2D eigenvalue weighted by molar-refractivity contribution is 5.94. The van der Waals surface area contributed by atoms with Gasteiger partial charge >= 0.3 is 0 Å². The molecule has 126 valence electrons. The van der Waals surface area contributed by atoms with Crippen molar-refractivity contribution >= 4 is 22.4 Å². The van der Waals surface area contributed by atoms with Gasteiger partial charge in [-0.25, -0.2) is 0 Å². The van der Waals surface area contributed by atoms with E-state index in [1.807, 2.05) is 29.3 Å². The Bertz CT molecular complexity index is 873. The van der Waals surface area contributed by atoms with E-state index in [9.17, 15) is 4.79 Å². The van der Waals surface area contributed by atoms with Gasteiger partial charge < -0.3 is 10.2 Å². The van der Waals surface area contributed by atoms with Crippen LogP contribution in [0.5, 0.6) is 0 Å². The number of carbonyl (C=O) groups is 1. The molecule has 1 saturated heterocycles. The molecule has 1 aromatic carbocycles. The lowest BCUT2D eigenvalue weighted by molar-refractivity contribution is -0.136. The second kappa shape index (κ2) is 6.56. The molecule has 1 aromatic heterocycles. The molecule has 0 unspecified atom stereocenters. The molecule has 1 amide bonds. The second-order valence-corrected chi connectivity index (χ2v) is 6.83. The zero-order chi connectivity index (χ0) is 17.2. The number of likely N-dealkylation sites (tertiary alicyclic amines) is 1. The Morgan fingerprint density at radius 2 is 2.24 bits per heavy atom. The lowest BCUT2D eigenvalue weighted by Crippen LogP contribution is -2.57. The highest BCUT2D eigenvalue weighted by Crippen LogP contribution is 2.33. The number of hydrogen-bond acceptors (Lipinski definition) is 4. The van der Waals surface area contributed by atoms with Crippen LogP contribution in [0.25, 0.3) is 10.8 Å². The molecule has 1 aliphatic carbocycles. The van der Waals surface area contributed by atoms with E-state index in [2.05, 4.69) is 22.4 Å². The van der Waals surface area contributed by atoms with Crippen molar-refractivity contribution in [3.8, 4) is 6.07 Å². The number of allylic oxidation sites excluding steroid dienone is 2. The summed E-state index contributed by atoms with van der Waals surface area (Å²) < 4.78 is 0. The summed E-state index contributed by atoms with van der Waals surface area (Å²) in [4.78, 5) is 18.2. The second-order valence-electron chi connectivity index (χ2n) is 6.83. The summed E-state index contributed by atoms with van der Waals surface area (Å²) in [7, 11) is 0. The van der Waals surface area contributed by atoms with Crippen LogP contribution in [0.1, 0.15) is 18.4 Å². The van der Waals surface area contributed by atoms with Gasteiger partial charge in [-0.3, -0.25) is 9.78 Å². The summed E-state index contributed by atoms with van der Waals surface area (Å²) in [6, 6.07) is 8.57. The molecule has 2 aromatic rings. The van der Waals surface area contributed by atoms with Crippen molar-refractivity contribution < 1.29 is 4.79 Å². The third-order valence-corrected chi connectivity index (χ3v) is 4.84. The van der Waals surface area contributed by atoms with Crippen LogP contribution in [-0.2, 0) is 11.2 Å². The predicted molar refractivity (Wildman–Crippen MR) is 96.9 cm³/mol. The quantitative estimate of drug-likeness (QED) is 0.855. The van der Waals surface area contributed by atoms with E-state index in [0.29, 0.717) is 11.8 Å². The molecular formula is C20H20N4O. The monoisotopic (exact) mass is 332 g/mol. The number of anilines is 1. The van der Waals surface area contributed by atoms with Crippen molar-refractivity contribution in [3.05, 3.63) is 48.3 Å². The predicted octanol–water partition coefficient (Wildman–Crippen LogP) is 2.89. The van der Waals surface area contributed by atoms with E-state index in [4.69, 9.17) is 5.26 Å². The van der Waals surface area contributed by atoms with Crippen LogP contribution in [0.2, 0.25) is 0 Å². The Morgan fingerprint density at radius 1 is 1.40 bits per heavy atom. The maximum atomic E-state index is 12.1. The van der Waals surface area contributed by atoms with E-state index >= 15 is 0 Å². The minimum absolute atomic E-state index is 0.288. The van der Waals surface area contributed by atoms with Gasteiger partial charge in [0.15, 0.2) is 0 Å². The van der Waals surface area contributed by atoms with E-state index in [-0.39, 0.29) is 6.04 Å². The Morgan fingerprint density at radius 3 is 3.00 bits per heavy atom. The highest BCUT2D eigenvalue weighted by atomic mass is 16.2. The van der Waals surface area contributed by atoms with E-state index < -0.39 is 0 Å². The number of benzene rings is 1. The molecule has 2 fully saturated rings. The molecule has 1 saturated carbocycles. The molecule has 0 spiro atoms. The largest absolute Gasteiger partial charge is 0.378 e. The van der Waals surface area contributed by atoms with Crippen molar-refractivity contribution in [3.63, 3.8) is 0 Å². The maximum absolute atomic E-state index is 12.1. The molecule has 0 radical (unpaired) electrons. The van der Waals surface area contributed by atoms with Gasteiger partial charge in [-0.2, -0.15) is 5.26 Å². The summed E-state index contributed by atoms with van der Waals surface area (Å²) in [6.45, 7) is 1.55. The minimum Gasteiger partial charge on any atom is -0.378 e. The molecule has 2 heterocycles. The van der Waals surface area contributed by atoms with Gasteiger partial charge in [0.2, 0.25) is 5.91 Å². The Kier molecular flexibility index (Phi) is 4.10. The van der Waals surface area contributed by atoms with Crippen LogP contribution in [0.15, 0.2) is 42.7 Å². The number of amides is 1. The number of aromatic nitrogens is 1. The van der Waals surface area contributed by atoms with Crippen LogP contribution in [0, 0.1) is 17.2 Å². The number of nitrogens with zero attached hydrogens (tertiary/aromatic N) is 3. The lowest BCUT2D eigenvalue weighted by atomic mass is 10.0. The molecule has 4 rings (SSSR count). The zero-order valence-corrected chi connectivity index (χ0v) is 14.0. The van der Waals surface area contributed by atoms with Gasteiger partial charge in [0.1, 0.15) is 0 Å². The summed E-state index contributed by atoms with van der Waals surface area (Å²) in [5, 5.41) is 14.4. The van der Waals surface area contributed by atoms with Crippen LogP contribution in [0.4, 0.5) is 5.69 Å². The molecular weight excluding hydrogens is 312 g/mol.